The van der Waals surface area contributed by atoms with E-state index in [-0.39, 0.29) is 6.03 Å². The van der Waals surface area contributed by atoms with E-state index in [9.17, 15) is 4.79 Å². The highest BCUT2D eigenvalue weighted by molar-refractivity contribution is 5.74. The highest BCUT2D eigenvalue weighted by Crippen LogP contribution is 2.28. The average Bonchev–Trinajstić information content (AvgIpc) is 2.59. The first-order valence-electron chi connectivity index (χ1n) is 8.75. The molecule has 5 heteroatoms. The number of carbonyl (C=O) groups is 1. The van der Waals surface area contributed by atoms with E-state index in [0.717, 1.165) is 50.6 Å². The van der Waals surface area contributed by atoms with Crippen LogP contribution in [0.5, 0.6) is 5.75 Å². The Morgan fingerprint density at radius 1 is 1.13 bits per heavy atom. The summed E-state index contributed by atoms with van der Waals surface area (Å²) < 4.78 is 5.71. The molecule has 0 unspecified atom stereocenters. The first-order valence-corrected chi connectivity index (χ1v) is 8.75. The van der Waals surface area contributed by atoms with Crippen molar-refractivity contribution in [2.24, 2.45) is 0 Å². The minimum Gasteiger partial charge on any atom is -0.492 e. The van der Waals surface area contributed by atoms with Gasteiger partial charge in [-0.2, -0.15) is 0 Å². The van der Waals surface area contributed by atoms with Crippen LogP contribution in [-0.4, -0.2) is 50.3 Å². The maximum absolute atomic E-state index is 12.1. The molecule has 5 nitrogen and oxygen atoms in total. The summed E-state index contributed by atoms with van der Waals surface area (Å²) in [7, 11) is 0. The number of ether oxygens (including phenoxy) is 1. The molecule has 0 saturated carbocycles. The molecule has 1 N–H and O–H groups in total. The van der Waals surface area contributed by atoms with Crippen molar-refractivity contribution in [1.82, 2.24) is 10.2 Å². The van der Waals surface area contributed by atoms with Crippen molar-refractivity contribution in [3.05, 3.63) is 24.3 Å². The Kier molecular flexibility index (Phi) is 7.04. The molecule has 0 bridgehead atoms. The summed E-state index contributed by atoms with van der Waals surface area (Å²) in [6.45, 7) is 8.79. The predicted molar refractivity (Wildman–Crippen MR) is 94.3 cm³/mol. The van der Waals surface area contributed by atoms with Gasteiger partial charge in [0.1, 0.15) is 5.75 Å². The molecule has 2 amide bonds. The maximum atomic E-state index is 12.1. The smallest absolute Gasteiger partial charge is 0.317 e. The highest BCUT2D eigenvalue weighted by Gasteiger charge is 2.22. The first kappa shape index (κ1) is 17.4. The predicted octanol–water partition coefficient (Wildman–Crippen LogP) is 3.11. The van der Waals surface area contributed by atoms with Crippen LogP contribution in [0.2, 0.25) is 0 Å². The number of benzene rings is 1. The highest BCUT2D eigenvalue weighted by atomic mass is 16.5. The molecule has 0 atom stereocenters. The van der Waals surface area contributed by atoms with E-state index in [1.165, 1.54) is 12.8 Å². The Labute approximate surface area is 139 Å². The zero-order chi connectivity index (χ0) is 16.5. The average molecular weight is 319 g/mol. The van der Waals surface area contributed by atoms with Gasteiger partial charge in [-0.15, -0.1) is 0 Å². The van der Waals surface area contributed by atoms with Crippen molar-refractivity contribution >= 4 is 11.7 Å². The maximum Gasteiger partial charge on any atom is 0.317 e. The third-order valence-corrected chi connectivity index (χ3v) is 4.13. The number of amides is 2. The Morgan fingerprint density at radius 3 is 2.57 bits per heavy atom. The molecule has 128 valence electrons. The zero-order valence-electron chi connectivity index (χ0n) is 14.4. The summed E-state index contributed by atoms with van der Waals surface area (Å²) in [6.07, 6.45) is 3.40. The van der Waals surface area contributed by atoms with Gasteiger partial charge in [-0.25, -0.2) is 4.79 Å². The van der Waals surface area contributed by atoms with Crippen molar-refractivity contribution in [2.75, 3.05) is 44.2 Å². The minimum atomic E-state index is 0.0684. The summed E-state index contributed by atoms with van der Waals surface area (Å²) >= 11 is 0. The standard InChI is InChI=1S/C18H29N3O2/c1-3-5-8-11-19-18(22)21-14-12-20(13-15-21)16-9-6-7-10-17(16)23-4-2/h6-7,9-10H,3-5,8,11-15H2,1-2H3,(H,19,22). The lowest BCUT2D eigenvalue weighted by molar-refractivity contribution is 0.194. The lowest BCUT2D eigenvalue weighted by Crippen LogP contribution is -2.52. The van der Waals surface area contributed by atoms with E-state index in [0.29, 0.717) is 6.61 Å². The van der Waals surface area contributed by atoms with E-state index < -0.39 is 0 Å². The van der Waals surface area contributed by atoms with Gasteiger partial charge >= 0.3 is 6.03 Å². The van der Waals surface area contributed by atoms with Crippen molar-refractivity contribution in [3.63, 3.8) is 0 Å². The summed E-state index contributed by atoms with van der Waals surface area (Å²) in [6, 6.07) is 8.19. The third-order valence-electron chi connectivity index (χ3n) is 4.13. The molecular weight excluding hydrogens is 290 g/mol. The molecule has 1 aromatic carbocycles. The molecule has 0 aromatic heterocycles. The Morgan fingerprint density at radius 2 is 1.87 bits per heavy atom. The number of unbranched alkanes of at least 4 members (excludes halogenated alkanes) is 2. The number of anilines is 1. The number of hydrogen-bond donors (Lipinski definition) is 1. The number of hydrogen-bond acceptors (Lipinski definition) is 3. The van der Waals surface area contributed by atoms with Gasteiger partial charge < -0.3 is 19.9 Å². The lowest BCUT2D eigenvalue weighted by Gasteiger charge is -2.36. The van der Waals surface area contributed by atoms with Crippen LogP contribution in [0.25, 0.3) is 0 Å². The van der Waals surface area contributed by atoms with E-state index in [1.54, 1.807) is 0 Å². The van der Waals surface area contributed by atoms with Gasteiger partial charge in [0.2, 0.25) is 0 Å². The molecule has 1 fully saturated rings. The summed E-state index contributed by atoms with van der Waals surface area (Å²) in [5.74, 6) is 0.924. The topological polar surface area (TPSA) is 44.8 Å². The van der Waals surface area contributed by atoms with Crippen molar-refractivity contribution in [3.8, 4) is 5.75 Å². The van der Waals surface area contributed by atoms with Crippen LogP contribution in [0.4, 0.5) is 10.5 Å². The monoisotopic (exact) mass is 319 g/mol. The Hall–Kier alpha value is -1.91. The molecule has 1 aromatic rings. The zero-order valence-corrected chi connectivity index (χ0v) is 14.4. The molecule has 23 heavy (non-hydrogen) atoms. The normalized spacial score (nSPS) is 14.7. The lowest BCUT2D eigenvalue weighted by atomic mass is 10.2. The number of piperazine rings is 1. The van der Waals surface area contributed by atoms with Crippen LogP contribution >= 0.6 is 0 Å². The van der Waals surface area contributed by atoms with Gasteiger partial charge in [-0.05, 0) is 25.5 Å². The third kappa shape index (κ3) is 5.05. The van der Waals surface area contributed by atoms with Gasteiger partial charge in [0.05, 0.1) is 12.3 Å². The van der Waals surface area contributed by atoms with Crippen LogP contribution in [0.3, 0.4) is 0 Å². The van der Waals surface area contributed by atoms with Crippen molar-refractivity contribution in [1.29, 1.82) is 0 Å². The second-order valence-corrected chi connectivity index (χ2v) is 5.81. The Bertz CT molecular complexity index is 485. The van der Waals surface area contributed by atoms with Crippen LogP contribution in [-0.2, 0) is 0 Å². The van der Waals surface area contributed by atoms with E-state index >= 15 is 0 Å². The second kappa shape index (κ2) is 9.28. The number of rotatable bonds is 7. The summed E-state index contributed by atoms with van der Waals surface area (Å²) in [5, 5.41) is 3.02. The van der Waals surface area contributed by atoms with Gasteiger partial charge in [-0.1, -0.05) is 31.9 Å². The SMILES string of the molecule is CCCCCNC(=O)N1CCN(c2ccccc2OCC)CC1. The number of carbonyl (C=O) groups excluding carboxylic acids is 1. The molecule has 1 saturated heterocycles. The van der Waals surface area contributed by atoms with Gasteiger partial charge in [0.15, 0.2) is 0 Å². The molecule has 0 spiro atoms. The fraction of sp³-hybridized carbons (Fsp3) is 0.611. The van der Waals surface area contributed by atoms with Crippen LogP contribution in [0, 0.1) is 0 Å². The Balaban J connectivity index is 1.83. The van der Waals surface area contributed by atoms with Crippen molar-refractivity contribution < 1.29 is 9.53 Å². The van der Waals surface area contributed by atoms with Gasteiger partial charge in [0, 0.05) is 32.7 Å². The fourth-order valence-electron chi connectivity index (χ4n) is 2.83. The fourth-order valence-corrected chi connectivity index (χ4v) is 2.83. The minimum absolute atomic E-state index is 0.0684. The second-order valence-electron chi connectivity index (χ2n) is 5.81. The van der Waals surface area contributed by atoms with Crippen molar-refractivity contribution in [2.45, 2.75) is 33.1 Å². The van der Waals surface area contributed by atoms with Crippen LogP contribution < -0.4 is 15.0 Å². The van der Waals surface area contributed by atoms with E-state index in [1.807, 2.05) is 30.0 Å². The molecule has 1 aliphatic rings. The quantitative estimate of drug-likeness (QED) is 0.786. The molecule has 1 aliphatic heterocycles. The molecular formula is C18H29N3O2. The first-order chi connectivity index (χ1) is 11.3. The molecule has 0 radical (unpaired) electrons. The molecule has 0 aliphatic carbocycles. The number of urea groups is 1. The van der Waals surface area contributed by atoms with Gasteiger partial charge in [-0.3, -0.25) is 0 Å². The number of nitrogens with zero attached hydrogens (tertiary/aromatic N) is 2. The summed E-state index contributed by atoms with van der Waals surface area (Å²) in [4.78, 5) is 16.4. The van der Waals surface area contributed by atoms with Gasteiger partial charge in [0.25, 0.3) is 0 Å². The van der Waals surface area contributed by atoms with E-state index in [2.05, 4.69) is 23.2 Å². The summed E-state index contributed by atoms with van der Waals surface area (Å²) in [5.41, 5.74) is 1.12. The largest absolute Gasteiger partial charge is 0.492 e. The van der Waals surface area contributed by atoms with E-state index in [4.69, 9.17) is 4.74 Å². The molecule has 1 heterocycles. The van der Waals surface area contributed by atoms with Crippen LogP contribution in [0.1, 0.15) is 33.1 Å². The number of nitrogens with one attached hydrogen (secondary N) is 1. The number of para-hydroxylation sites is 2. The van der Waals surface area contributed by atoms with Crippen LogP contribution in [0.15, 0.2) is 24.3 Å². The molecule has 2 rings (SSSR count).